The SMILES string of the molecule is CCCS(=O)(=O)NC(C)c1cccc(OC(F)(F)C(F)F)c1. The van der Waals surface area contributed by atoms with Gasteiger partial charge < -0.3 is 4.74 Å². The van der Waals surface area contributed by atoms with Crippen LogP contribution in [0.3, 0.4) is 0 Å². The zero-order chi connectivity index (χ0) is 17.0. The molecule has 0 aliphatic rings. The Hall–Kier alpha value is -1.35. The summed E-state index contributed by atoms with van der Waals surface area (Å²) in [6.45, 7) is 3.21. The van der Waals surface area contributed by atoms with E-state index in [1.54, 1.807) is 6.92 Å². The summed E-state index contributed by atoms with van der Waals surface area (Å²) in [6, 6.07) is 4.27. The molecule has 22 heavy (non-hydrogen) atoms. The van der Waals surface area contributed by atoms with Crippen molar-refractivity contribution in [3.05, 3.63) is 29.8 Å². The molecule has 4 nitrogen and oxygen atoms in total. The lowest BCUT2D eigenvalue weighted by molar-refractivity contribution is -0.253. The van der Waals surface area contributed by atoms with Crippen LogP contribution in [-0.2, 0) is 10.0 Å². The molecule has 0 bridgehead atoms. The molecule has 0 spiro atoms. The van der Waals surface area contributed by atoms with Crippen molar-refractivity contribution in [3.63, 3.8) is 0 Å². The normalized spacial score (nSPS) is 14.1. The molecule has 1 aromatic rings. The van der Waals surface area contributed by atoms with Gasteiger partial charge in [0.2, 0.25) is 10.0 Å². The maximum absolute atomic E-state index is 12.9. The zero-order valence-corrected chi connectivity index (χ0v) is 12.8. The van der Waals surface area contributed by atoms with Crippen molar-refractivity contribution in [2.24, 2.45) is 0 Å². The minimum absolute atomic E-state index is 0.0724. The van der Waals surface area contributed by atoms with Crippen molar-refractivity contribution in [2.45, 2.75) is 38.8 Å². The molecule has 1 rings (SSSR count). The van der Waals surface area contributed by atoms with E-state index in [0.717, 1.165) is 12.1 Å². The summed E-state index contributed by atoms with van der Waals surface area (Å²) in [5.74, 6) is -0.541. The van der Waals surface area contributed by atoms with E-state index in [1.807, 2.05) is 0 Å². The molecular formula is C13H17F4NO3S. The third-order valence-electron chi connectivity index (χ3n) is 2.70. The number of benzene rings is 1. The minimum Gasteiger partial charge on any atom is -0.428 e. The van der Waals surface area contributed by atoms with Crippen LogP contribution in [0.25, 0.3) is 0 Å². The van der Waals surface area contributed by atoms with Crippen LogP contribution >= 0.6 is 0 Å². The Balaban J connectivity index is 2.88. The average Bonchev–Trinajstić information content (AvgIpc) is 2.37. The molecule has 126 valence electrons. The number of nitrogens with one attached hydrogen (secondary N) is 1. The van der Waals surface area contributed by atoms with E-state index < -0.39 is 34.3 Å². The van der Waals surface area contributed by atoms with Crippen LogP contribution in [0, 0.1) is 0 Å². The Bertz CT molecular complexity index is 593. The monoisotopic (exact) mass is 343 g/mol. The third kappa shape index (κ3) is 5.45. The standard InChI is InChI=1S/C13H17F4NO3S/c1-3-7-22(19,20)18-9(2)10-5-4-6-11(8-10)21-13(16,17)12(14)15/h4-6,8-9,12,18H,3,7H2,1-2H3. The second kappa shape index (κ2) is 7.28. The van der Waals surface area contributed by atoms with Gasteiger partial charge in [0.25, 0.3) is 0 Å². The number of hydrogen-bond acceptors (Lipinski definition) is 3. The quantitative estimate of drug-likeness (QED) is 0.737. The van der Waals surface area contributed by atoms with Gasteiger partial charge >= 0.3 is 12.5 Å². The third-order valence-corrected chi connectivity index (χ3v) is 4.35. The van der Waals surface area contributed by atoms with Gasteiger partial charge in [0, 0.05) is 6.04 Å². The van der Waals surface area contributed by atoms with E-state index in [4.69, 9.17) is 0 Å². The lowest BCUT2D eigenvalue weighted by atomic mass is 10.1. The van der Waals surface area contributed by atoms with E-state index >= 15 is 0 Å². The van der Waals surface area contributed by atoms with Gasteiger partial charge in [-0.15, -0.1) is 0 Å². The number of halogens is 4. The Labute approximate surface area is 126 Å². The van der Waals surface area contributed by atoms with Crippen LogP contribution in [0.5, 0.6) is 5.75 Å². The molecule has 0 aliphatic carbocycles. The highest BCUT2D eigenvalue weighted by Crippen LogP contribution is 2.29. The molecule has 0 amide bonds. The summed E-state index contributed by atoms with van der Waals surface area (Å²) < 4.78 is 79.6. The highest BCUT2D eigenvalue weighted by Gasteiger charge is 2.44. The predicted octanol–water partition coefficient (Wildman–Crippen LogP) is 3.31. The lowest BCUT2D eigenvalue weighted by Gasteiger charge is -2.19. The Morgan fingerprint density at radius 3 is 2.50 bits per heavy atom. The fourth-order valence-electron chi connectivity index (χ4n) is 1.71. The Kier molecular flexibility index (Phi) is 6.18. The first-order chi connectivity index (χ1) is 10.1. The van der Waals surface area contributed by atoms with Gasteiger partial charge in [0.15, 0.2) is 0 Å². The summed E-state index contributed by atoms with van der Waals surface area (Å²) in [5, 5.41) is 0. The van der Waals surface area contributed by atoms with Crippen molar-refractivity contribution in [1.29, 1.82) is 0 Å². The fourth-order valence-corrected chi connectivity index (χ4v) is 3.04. The van der Waals surface area contributed by atoms with Crippen LogP contribution in [0.15, 0.2) is 24.3 Å². The molecular weight excluding hydrogens is 326 g/mol. The van der Waals surface area contributed by atoms with Crippen LogP contribution in [0.4, 0.5) is 17.6 Å². The van der Waals surface area contributed by atoms with E-state index in [9.17, 15) is 26.0 Å². The lowest BCUT2D eigenvalue weighted by Crippen LogP contribution is -2.33. The highest BCUT2D eigenvalue weighted by atomic mass is 32.2. The van der Waals surface area contributed by atoms with Crippen molar-refractivity contribution in [2.75, 3.05) is 5.75 Å². The van der Waals surface area contributed by atoms with Crippen LogP contribution in [-0.4, -0.2) is 26.7 Å². The second-order valence-electron chi connectivity index (χ2n) is 4.70. The number of hydrogen-bond donors (Lipinski definition) is 1. The van der Waals surface area contributed by atoms with E-state index in [-0.39, 0.29) is 5.75 Å². The molecule has 0 heterocycles. The highest BCUT2D eigenvalue weighted by molar-refractivity contribution is 7.89. The summed E-state index contributed by atoms with van der Waals surface area (Å²) in [6.07, 6.45) is -8.15. The molecule has 9 heteroatoms. The maximum Gasteiger partial charge on any atom is 0.461 e. The van der Waals surface area contributed by atoms with Gasteiger partial charge in [-0.3, -0.25) is 0 Å². The fraction of sp³-hybridized carbons (Fsp3) is 0.538. The summed E-state index contributed by atoms with van der Waals surface area (Å²) in [5.41, 5.74) is 0.322. The molecule has 0 aliphatic heterocycles. The van der Waals surface area contributed by atoms with Gasteiger partial charge in [0.05, 0.1) is 5.75 Å². The Morgan fingerprint density at radius 1 is 1.32 bits per heavy atom. The molecule has 0 aromatic heterocycles. The Morgan fingerprint density at radius 2 is 1.95 bits per heavy atom. The molecule has 0 saturated carbocycles. The van der Waals surface area contributed by atoms with Gasteiger partial charge in [0.1, 0.15) is 5.75 Å². The van der Waals surface area contributed by atoms with Crippen molar-refractivity contribution in [3.8, 4) is 5.75 Å². The van der Waals surface area contributed by atoms with Gasteiger partial charge in [-0.2, -0.15) is 17.6 Å². The summed E-state index contributed by atoms with van der Waals surface area (Å²) in [7, 11) is -3.50. The van der Waals surface area contributed by atoms with Gasteiger partial charge in [-0.1, -0.05) is 19.1 Å². The topological polar surface area (TPSA) is 55.4 Å². The predicted molar refractivity (Wildman–Crippen MR) is 73.6 cm³/mol. The number of sulfonamides is 1. The molecule has 0 fully saturated rings. The van der Waals surface area contributed by atoms with Crippen LogP contribution in [0.2, 0.25) is 0 Å². The number of rotatable bonds is 8. The molecule has 0 saturated heterocycles. The second-order valence-corrected chi connectivity index (χ2v) is 6.57. The summed E-state index contributed by atoms with van der Waals surface area (Å²) >= 11 is 0. The minimum atomic E-state index is -4.61. The van der Waals surface area contributed by atoms with E-state index in [1.165, 1.54) is 19.1 Å². The number of alkyl halides is 4. The van der Waals surface area contributed by atoms with Crippen LogP contribution < -0.4 is 9.46 Å². The first-order valence-electron chi connectivity index (χ1n) is 6.52. The van der Waals surface area contributed by atoms with Crippen LogP contribution in [0.1, 0.15) is 31.9 Å². The molecule has 0 radical (unpaired) electrons. The molecule has 1 atom stereocenters. The summed E-state index contributed by atoms with van der Waals surface area (Å²) in [4.78, 5) is 0. The van der Waals surface area contributed by atoms with Gasteiger partial charge in [-0.25, -0.2) is 13.1 Å². The first kappa shape index (κ1) is 18.7. The average molecular weight is 343 g/mol. The van der Waals surface area contributed by atoms with Crippen molar-refractivity contribution < 1.29 is 30.7 Å². The van der Waals surface area contributed by atoms with E-state index in [2.05, 4.69) is 9.46 Å². The van der Waals surface area contributed by atoms with Crippen molar-refractivity contribution in [1.82, 2.24) is 4.72 Å². The largest absolute Gasteiger partial charge is 0.461 e. The zero-order valence-electron chi connectivity index (χ0n) is 12.0. The number of ether oxygens (including phenoxy) is 1. The van der Waals surface area contributed by atoms with E-state index in [0.29, 0.717) is 12.0 Å². The molecule has 1 aromatic carbocycles. The maximum atomic E-state index is 12.9. The first-order valence-corrected chi connectivity index (χ1v) is 8.17. The van der Waals surface area contributed by atoms with Gasteiger partial charge in [-0.05, 0) is 31.0 Å². The molecule has 1 unspecified atom stereocenters. The smallest absolute Gasteiger partial charge is 0.428 e. The van der Waals surface area contributed by atoms with Crippen molar-refractivity contribution >= 4 is 10.0 Å². The molecule has 1 N–H and O–H groups in total.